The van der Waals surface area contributed by atoms with Gasteiger partial charge in [0, 0.05) is 21.7 Å². The monoisotopic (exact) mass is 431 g/mol. The van der Waals surface area contributed by atoms with Crippen LogP contribution in [0.2, 0.25) is 5.02 Å². The molecule has 158 valence electrons. The van der Waals surface area contributed by atoms with E-state index in [-0.39, 0.29) is 28.3 Å². The molecule has 30 heavy (non-hydrogen) atoms. The summed E-state index contributed by atoms with van der Waals surface area (Å²) >= 11 is 5.91. The Labute approximate surface area is 178 Å². The molecule has 1 heterocycles. The molecule has 3 aromatic rings. The molecular weight excluding hydrogens is 409 g/mol. The van der Waals surface area contributed by atoms with Gasteiger partial charge >= 0.3 is 5.97 Å². The third-order valence-electron chi connectivity index (χ3n) is 5.09. The Morgan fingerprint density at radius 1 is 1.13 bits per heavy atom. The summed E-state index contributed by atoms with van der Waals surface area (Å²) in [6, 6.07) is 8.83. The lowest BCUT2D eigenvalue weighted by atomic mass is 9.80. The van der Waals surface area contributed by atoms with Gasteiger partial charge in [-0.2, -0.15) is 0 Å². The number of phenols is 1. The van der Waals surface area contributed by atoms with Crippen molar-refractivity contribution in [3.05, 3.63) is 64.1 Å². The van der Waals surface area contributed by atoms with Crippen LogP contribution in [-0.4, -0.2) is 26.7 Å². The van der Waals surface area contributed by atoms with Crippen LogP contribution in [0.5, 0.6) is 5.75 Å². The van der Waals surface area contributed by atoms with Crippen LogP contribution in [-0.2, 0) is 4.79 Å². The highest BCUT2D eigenvalue weighted by molar-refractivity contribution is 6.30. The van der Waals surface area contributed by atoms with Gasteiger partial charge in [-0.25, -0.2) is 4.39 Å². The number of carboxylic acid groups (broad SMARTS) is 1. The first kappa shape index (κ1) is 21.8. The highest BCUT2D eigenvalue weighted by Crippen LogP contribution is 2.41. The van der Waals surface area contributed by atoms with Crippen LogP contribution in [0.25, 0.3) is 10.9 Å². The largest absolute Gasteiger partial charge is 0.505 e. The number of aliphatic carboxylic acids is 1. The number of fused-ring (bicyclic) bond motifs is 1. The Hall–Kier alpha value is -2.86. The molecule has 1 atom stereocenters. The molecule has 0 aliphatic carbocycles. The Bertz CT molecular complexity index is 1140. The van der Waals surface area contributed by atoms with Crippen LogP contribution in [0.3, 0.4) is 0 Å². The quantitative estimate of drug-likeness (QED) is 0.552. The third kappa shape index (κ3) is 3.92. The van der Waals surface area contributed by atoms with Crippen molar-refractivity contribution in [2.75, 3.05) is 0 Å². The highest BCUT2D eigenvalue weighted by Gasteiger charge is 2.34. The number of nitrogens with zero attached hydrogens (tertiary/aromatic N) is 1. The standard InChI is InChI=1S/C23H23ClFNO4/c1-12-18(15(22(29)30)11-23(2,3)4)19-16(9-10-17(27)20(19)25)26(12)21(28)13-5-7-14(24)8-6-13/h5-10,15,27H,11H2,1-4H3,(H,29,30)/t15-/m0/s1. The smallest absolute Gasteiger partial charge is 0.311 e. The van der Waals surface area contributed by atoms with E-state index in [1.165, 1.54) is 10.6 Å². The summed E-state index contributed by atoms with van der Waals surface area (Å²) in [6.45, 7) is 7.27. The van der Waals surface area contributed by atoms with Gasteiger partial charge < -0.3 is 10.2 Å². The van der Waals surface area contributed by atoms with E-state index in [4.69, 9.17) is 11.6 Å². The third-order valence-corrected chi connectivity index (χ3v) is 5.34. The number of aromatic hydroxyl groups is 1. The first-order valence-corrected chi connectivity index (χ1v) is 9.85. The summed E-state index contributed by atoms with van der Waals surface area (Å²) in [4.78, 5) is 25.4. The molecule has 1 aromatic heterocycles. The van der Waals surface area contributed by atoms with Gasteiger partial charge in [0.1, 0.15) is 0 Å². The number of carbonyl (C=O) groups is 2. The lowest BCUT2D eigenvalue weighted by molar-refractivity contribution is -0.139. The first-order chi connectivity index (χ1) is 13.9. The van der Waals surface area contributed by atoms with E-state index in [1.54, 1.807) is 31.2 Å². The molecule has 2 N–H and O–H groups in total. The van der Waals surface area contributed by atoms with Crippen molar-refractivity contribution in [3.63, 3.8) is 0 Å². The lowest BCUT2D eigenvalue weighted by Crippen LogP contribution is -2.21. The molecule has 0 radical (unpaired) electrons. The fourth-order valence-electron chi connectivity index (χ4n) is 3.81. The second kappa shape index (κ2) is 7.76. The topological polar surface area (TPSA) is 79.5 Å². The van der Waals surface area contributed by atoms with Gasteiger partial charge in [0.15, 0.2) is 11.6 Å². The van der Waals surface area contributed by atoms with Crippen molar-refractivity contribution in [3.8, 4) is 5.75 Å². The second-order valence-corrected chi connectivity index (χ2v) is 9.03. The molecule has 0 saturated heterocycles. The fourth-order valence-corrected chi connectivity index (χ4v) is 3.94. The van der Waals surface area contributed by atoms with E-state index in [0.717, 1.165) is 6.07 Å². The number of hydrogen-bond donors (Lipinski definition) is 2. The predicted molar refractivity (Wildman–Crippen MR) is 114 cm³/mol. The van der Waals surface area contributed by atoms with Crippen molar-refractivity contribution >= 4 is 34.4 Å². The summed E-state index contributed by atoms with van der Waals surface area (Å²) in [5, 5.41) is 20.3. The minimum atomic E-state index is -1.12. The molecule has 2 aromatic carbocycles. The SMILES string of the molecule is Cc1c([C@H](CC(C)(C)C)C(=O)O)c2c(F)c(O)ccc2n1C(=O)c1ccc(Cl)cc1. The van der Waals surface area contributed by atoms with E-state index < -0.39 is 29.4 Å². The van der Waals surface area contributed by atoms with Crippen molar-refractivity contribution in [2.24, 2.45) is 5.41 Å². The van der Waals surface area contributed by atoms with Crippen molar-refractivity contribution in [2.45, 2.75) is 40.0 Å². The zero-order chi connectivity index (χ0) is 22.4. The van der Waals surface area contributed by atoms with Crippen LogP contribution in [0.4, 0.5) is 4.39 Å². The summed E-state index contributed by atoms with van der Waals surface area (Å²) in [5.41, 5.74) is 0.687. The Kier molecular flexibility index (Phi) is 5.65. The Morgan fingerprint density at radius 2 is 1.73 bits per heavy atom. The molecule has 0 saturated carbocycles. The molecule has 3 rings (SSSR count). The van der Waals surface area contributed by atoms with Crippen LogP contribution >= 0.6 is 11.6 Å². The van der Waals surface area contributed by atoms with Gasteiger partial charge in [-0.15, -0.1) is 0 Å². The van der Waals surface area contributed by atoms with Gasteiger partial charge in [-0.05, 0) is 60.7 Å². The van der Waals surface area contributed by atoms with Gasteiger partial charge in [0.2, 0.25) is 0 Å². The first-order valence-electron chi connectivity index (χ1n) is 9.48. The normalized spacial score (nSPS) is 12.9. The van der Waals surface area contributed by atoms with Crippen LogP contribution < -0.4 is 0 Å². The maximum atomic E-state index is 15.0. The molecule has 0 amide bonds. The van der Waals surface area contributed by atoms with Crippen LogP contribution in [0, 0.1) is 18.2 Å². The summed E-state index contributed by atoms with van der Waals surface area (Å²) in [5.74, 6) is -4.14. The van der Waals surface area contributed by atoms with E-state index in [1.807, 2.05) is 20.8 Å². The van der Waals surface area contributed by atoms with Crippen LogP contribution in [0.15, 0.2) is 36.4 Å². The fraction of sp³-hybridized carbons (Fsp3) is 0.304. The molecule has 5 nitrogen and oxygen atoms in total. The number of carboxylic acids is 1. The number of phenolic OH excluding ortho intramolecular Hbond substituents is 1. The zero-order valence-electron chi connectivity index (χ0n) is 17.2. The van der Waals surface area contributed by atoms with Crippen LogP contribution in [0.1, 0.15) is 54.7 Å². The van der Waals surface area contributed by atoms with Crippen molar-refractivity contribution in [1.82, 2.24) is 4.57 Å². The average molecular weight is 432 g/mol. The molecule has 0 fully saturated rings. The molecule has 0 unspecified atom stereocenters. The van der Waals surface area contributed by atoms with Gasteiger partial charge in [-0.1, -0.05) is 32.4 Å². The number of hydrogen-bond acceptors (Lipinski definition) is 3. The summed E-state index contributed by atoms with van der Waals surface area (Å²) < 4.78 is 16.3. The summed E-state index contributed by atoms with van der Waals surface area (Å²) in [7, 11) is 0. The van der Waals surface area contributed by atoms with Crippen molar-refractivity contribution in [1.29, 1.82) is 0 Å². The van der Waals surface area contributed by atoms with E-state index in [2.05, 4.69) is 0 Å². The van der Waals surface area contributed by atoms with E-state index in [0.29, 0.717) is 16.3 Å². The van der Waals surface area contributed by atoms with Gasteiger partial charge in [0.05, 0.1) is 11.4 Å². The number of halogens is 2. The molecule has 0 spiro atoms. The van der Waals surface area contributed by atoms with Crippen molar-refractivity contribution < 1.29 is 24.2 Å². The maximum Gasteiger partial charge on any atom is 0.311 e. The Morgan fingerprint density at radius 3 is 2.27 bits per heavy atom. The predicted octanol–water partition coefficient (Wildman–Crippen LogP) is 5.74. The van der Waals surface area contributed by atoms with E-state index in [9.17, 15) is 19.8 Å². The highest BCUT2D eigenvalue weighted by atomic mass is 35.5. The van der Waals surface area contributed by atoms with Gasteiger partial charge in [0.25, 0.3) is 5.91 Å². The molecule has 0 aliphatic heterocycles. The number of rotatable bonds is 4. The minimum Gasteiger partial charge on any atom is -0.505 e. The number of benzene rings is 2. The van der Waals surface area contributed by atoms with Gasteiger partial charge in [-0.3, -0.25) is 14.2 Å². The number of carbonyl (C=O) groups excluding carboxylic acids is 1. The second-order valence-electron chi connectivity index (χ2n) is 8.59. The molecule has 0 aliphatic rings. The molecule has 0 bridgehead atoms. The minimum absolute atomic E-state index is 0.0496. The zero-order valence-corrected chi connectivity index (χ0v) is 17.9. The lowest BCUT2D eigenvalue weighted by Gasteiger charge is -2.24. The van der Waals surface area contributed by atoms with E-state index >= 15 is 4.39 Å². The molecule has 7 heteroatoms. The summed E-state index contributed by atoms with van der Waals surface area (Å²) in [6.07, 6.45) is 0.229. The number of aromatic nitrogens is 1. The Balaban J connectivity index is 2.34. The molecular formula is C23H23ClFNO4. The maximum absolute atomic E-state index is 15.0. The average Bonchev–Trinajstić information content (AvgIpc) is 2.94.